The number of carbonyl (C=O) groups is 2. The fraction of sp³-hybridized carbons (Fsp3) is 0.909. The summed E-state index contributed by atoms with van der Waals surface area (Å²) in [5.41, 5.74) is 0. The van der Waals surface area contributed by atoms with Gasteiger partial charge in [-0.15, -0.1) is 0 Å². The largest absolute Gasteiger partial charge is 0.466 e. The van der Waals surface area contributed by atoms with E-state index in [1.807, 2.05) is 6.92 Å². The Morgan fingerprint density at radius 1 is 0.828 bits per heavy atom. The van der Waals surface area contributed by atoms with Crippen molar-refractivity contribution >= 4 is 11.9 Å². The van der Waals surface area contributed by atoms with E-state index in [4.69, 9.17) is 9.47 Å². The van der Waals surface area contributed by atoms with Crippen LogP contribution in [0.3, 0.4) is 0 Å². The molecule has 1 fully saturated rings. The number of esters is 2. The van der Waals surface area contributed by atoms with Gasteiger partial charge in [-0.2, -0.15) is 0 Å². The molecular formula is C22H43N3O4. The topological polar surface area (TPSA) is 62.3 Å². The van der Waals surface area contributed by atoms with Gasteiger partial charge < -0.3 is 24.2 Å². The SMILES string of the molecule is CCCC(=O)OCCCCCCOC(=O)CCN(C)CCCN1CCN(C)CC1. The van der Waals surface area contributed by atoms with Crippen molar-refractivity contribution in [2.75, 3.05) is 73.1 Å². The molecule has 0 atom stereocenters. The fourth-order valence-corrected chi connectivity index (χ4v) is 3.31. The maximum atomic E-state index is 11.9. The molecule has 0 aromatic heterocycles. The van der Waals surface area contributed by atoms with E-state index in [0.717, 1.165) is 84.3 Å². The zero-order valence-electron chi connectivity index (χ0n) is 19.0. The molecule has 7 heteroatoms. The van der Waals surface area contributed by atoms with E-state index in [1.165, 1.54) is 0 Å². The number of hydrogen-bond acceptors (Lipinski definition) is 7. The first-order valence-corrected chi connectivity index (χ1v) is 11.4. The molecule has 1 heterocycles. The number of nitrogens with zero attached hydrogens (tertiary/aromatic N) is 3. The molecule has 1 aliphatic rings. The highest BCUT2D eigenvalue weighted by molar-refractivity contribution is 5.69. The van der Waals surface area contributed by atoms with Crippen LogP contribution in [0.25, 0.3) is 0 Å². The first kappa shape index (κ1) is 25.9. The van der Waals surface area contributed by atoms with Crippen LogP contribution in [0.2, 0.25) is 0 Å². The highest BCUT2D eigenvalue weighted by atomic mass is 16.5. The fourth-order valence-electron chi connectivity index (χ4n) is 3.31. The van der Waals surface area contributed by atoms with Gasteiger partial charge in [0, 0.05) is 39.1 Å². The average molecular weight is 414 g/mol. The van der Waals surface area contributed by atoms with Gasteiger partial charge in [-0.1, -0.05) is 6.92 Å². The maximum absolute atomic E-state index is 11.9. The maximum Gasteiger partial charge on any atom is 0.307 e. The molecule has 1 aliphatic heterocycles. The van der Waals surface area contributed by atoms with E-state index in [2.05, 4.69) is 28.8 Å². The Morgan fingerprint density at radius 3 is 2.00 bits per heavy atom. The van der Waals surface area contributed by atoms with Crippen LogP contribution in [0, 0.1) is 0 Å². The molecule has 0 bridgehead atoms. The van der Waals surface area contributed by atoms with Gasteiger partial charge in [0.05, 0.1) is 19.6 Å². The van der Waals surface area contributed by atoms with Crippen molar-refractivity contribution in [3.8, 4) is 0 Å². The quantitative estimate of drug-likeness (QED) is 0.284. The Balaban J connectivity index is 1.88. The number of unbranched alkanes of at least 4 members (excludes halogenated alkanes) is 3. The number of rotatable bonds is 16. The van der Waals surface area contributed by atoms with Crippen molar-refractivity contribution in [2.45, 2.75) is 58.3 Å². The van der Waals surface area contributed by atoms with Crippen molar-refractivity contribution in [1.29, 1.82) is 0 Å². The normalized spacial score (nSPS) is 15.6. The minimum absolute atomic E-state index is 0.106. The van der Waals surface area contributed by atoms with Gasteiger partial charge >= 0.3 is 11.9 Å². The summed E-state index contributed by atoms with van der Waals surface area (Å²) in [5.74, 6) is -0.213. The molecule has 0 saturated carbocycles. The smallest absolute Gasteiger partial charge is 0.307 e. The van der Waals surface area contributed by atoms with E-state index >= 15 is 0 Å². The van der Waals surface area contributed by atoms with Crippen molar-refractivity contribution in [1.82, 2.24) is 14.7 Å². The van der Waals surface area contributed by atoms with E-state index in [1.54, 1.807) is 0 Å². The molecule has 170 valence electrons. The molecule has 1 rings (SSSR count). The first-order valence-electron chi connectivity index (χ1n) is 11.4. The predicted octanol–water partition coefficient (Wildman–Crippen LogP) is 2.39. The van der Waals surface area contributed by atoms with Crippen molar-refractivity contribution in [3.05, 3.63) is 0 Å². The van der Waals surface area contributed by atoms with Gasteiger partial charge in [0.25, 0.3) is 0 Å². The monoisotopic (exact) mass is 413 g/mol. The van der Waals surface area contributed by atoms with Gasteiger partial charge in [-0.25, -0.2) is 0 Å². The van der Waals surface area contributed by atoms with Crippen LogP contribution in [-0.4, -0.2) is 99.8 Å². The lowest BCUT2D eigenvalue weighted by molar-refractivity contribution is -0.145. The Kier molecular flexibility index (Phi) is 14.8. The van der Waals surface area contributed by atoms with E-state index in [9.17, 15) is 9.59 Å². The summed E-state index contributed by atoms with van der Waals surface area (Å²) in [5, 5.41) is 0. The lowest BCUT2D eigenvalue weighted by atomic mass is 10.2. The summed E-state index contributed by atoms with van der Waals surface area (Å²) in [6.45, 7) is 10.5. The number of ether oxygens (including phenoxy) is 2. The number of hydrogen-bond donors (Lipinski definition) is 0. The average Bonchev–Trinajstić information content (AvgIpc) is 2.70. The molecule has 29 heavy (non-hydrogen) atoms. The standard InChI is InChI=1S/C22H43N3O4/c1-4-10-21(26)28-19-7-5-6-8-20-29-22(27)11-14-23(2)12-9-13-25-17-15-24(3)16-18-25/h4-20H2,1-3H3. The molecule has 7 nitrogen and oxygen atoms in total. The highest BCUT2D eigenvalue weighted by Gasteiger charge is 2.13. The third kappa shape index (κ3) is 14.4. The summed E-state index contributed by atoms with van der Waals surface area (Å²) >= 11 is 0. The predicted molar refractivity (Wildman–Crippen MR) is 116 cm³/mol. The minimum Gasteiger partial charge on any atom is -0.466 e. The lowest BCUT2D eigenvalue weighted by Gasteiger charge is -2.32. The van der Waals surface area contributed by atoms with Gasteiger partial charge in [-0.3, -0.25) is 9.59 Å². The Hall–Kier alpha value is -1.18. The summed E-state index contributed by atoms with van der Waals surface area (Å²) < 4.78 is 10.4. The molecule has 1 saturated heterocycles. The summed E-state index contributed by atoms with van der Waals surface area (Å²) in [6.07, 6.45) is 6.66. The minimum atomic E-state index is -0.107. The van der Waals surface area contributed by atoms with Gasteiger partial charge in [0.1, 0.15) is 0 Å². The molecule has 0 N–H and O–H groups in total. The van der Waals surface area contributed by atoms with Crippen molar-refractivity contribution < 1.29 is 19.1 Å². The van der Waals surface area contributed by atoms with Crippen molar-refractivity contribution in [2.24, 2.45) is 0 Å². The van der Waals surface area contributed by atoms with Gasteiger partial charge in [0.2, 0.25) is 0 Å². The molecule has 0 aromatic carbocycles. The van der Waals surface area contributed by atoms with Gasteiger partial charge in [-0.05, 0) is 65.7 Å². The van der Waals surface area contributed by atoms with Crippen LogP contribution in [0.15, 0.2) is 0 Å². The van der Waals surface area contributed by atoms with E-state index < -0.39 is 0 Å². The Morgan fingerprint density at radius 2 is 1.41 bits per heavy atom. The van der Waals surface area contributed by atoms with Crippen molar-refractivity contribution in [3.63, 3.8) is 0 Å². The lowest BCUT2D eigenvalue weighted by Crippen LogP contribution is -2.45. The molecule has 0 unspecified atom stereocenters. The molecule has 0 radical (unpaired) electrons. The second-order valence-electron chi connectivity index (χ2n) is 8.16. The van der Waals surface area contributed by atoms with E-state index in [-0.39, 0.29) is 11.9 Å². The summed E-state index contributed by atoms with van der Waals surface area (Å²) in [4.78, 5) is 30.2. The Labute approximate surface area is 177 Å². The zero-order valence-corrected chi connectivity index (χ0v) is 19.0. The zero-order chi connectivity index (χ0) is 21.3. The second-order valence-corrected chi connectivity index (χ2v) is 8.16. The second kappa shape index (κ2) is 16.6. The first-order chi connectivity index (χ1) is 14.0. The molecule has 0 spiro atoms. The molecule has 0 amide bonds. The third-order valence-electron chi connectivity index (χ3n) is 5.33. The van der Waals surface area contributed by atoms with Crippen LogP contribution in [0.1, 0.15) is 58.3 Å². The van der Waals surface area contributed by atoms with Crippen LogP contribution < -0.4 is 0 Å². The molecule has 0 aliphatic carbocycles. The molecule has 0 aromatic rings. The summed E-state index contributed by atoms with van der Waals surface area (Å²) in [7, 11) is 4.25. The van der Waals surface area contributed by atoms with Crippen LogP contribution >= 0.6 is 0 Å². The highest BCUT2D eigenvalue weighted by Crippen LogP contribution is 2.04. The summed E-state index contributed by atoms with van der Waals surface area (Å²) in [6, 6.07) is 0. The van der Waals surface area contributed by atoms with E-state index in [0.29, 0.717) is 26.1 Å². The van der Waals surface area contributed by atoms with Crippen LogP contribution in [-0.2, 0) is 19.1 Å². The molecular weight excluding hydrogens is 370 g/mol. The Bertz CT molecular complexity index is 440. The number of piperazine rings is 1. The number of carbonyl (C=O) groups excluding carboxylic acids is 2. The third-order valence-corrected chi connectivity index (χ3v) is 5.33. The van der Waals surface area contributed by atoms with Gasteiger partial charge in [0.15, 0.2) is 0 Å². The number of likely N-dealkylation sites (N-methyl/N-ethyl adjacent to an activating group) is 1. The van der Waals surface area contributed by atoms with Crippen LogP contribution in [0.4, 0.5) is 0 Å². The van der Waals surface area contributed by atoms with Crippen LogP contribution in [0.5, 0.6) is 0 Å².